The minimum atomic E-state index is 0. The second kappa shape index (κ2) is 16.0. The molecule has 0 bridgehead atoms. The topological polar surface area (TPSA) is 0 Å². The first-order valence-electron chi connectivity index (χ1n) is 0. The summed E-state index contributed by atoms with van der Waals surface area (Å²) >= 11 is 0. The van der Waals surface area contributed by atoms with E-state index < -0.39 is 0 Å². The van der Waals surface area contributed by atoms with Crippen LogP contribution in [0.5, 0.6) is 0 Å². The molecule has 0 aromatic rings. The van der Waals surface area contributed by atoms with Crippen LogP contribution in [-0.2, 0) is 17.1 Å². The number of hydrogen-bond acceptors (Lipinski definition) is 0. The van der Waals surface area contributed by atoms with Crippen molar-refractivity contribution >= 4 is 90.3 Å². The van der Waals surface area contributed by atoms with E-state index in [-0.39, 0.29) is 107 Å². The number of hydrogen-bond donors (Lipinski definition) is 0. The van der Waals surface area contributed by atoms with Crippen molar-refractivity contribution in [1.82, 2.24) is 0 Å². The van der Waals surface area contributed by atoms with E-state index in [4.69, 9.17) is 0 Å². The van der Waals surface area contributed by atoms with E-state index in [0.717, 1.165) is 0 Å². The Morgan fingerprint density at radius 3 is 1.00 bits per heavy atom. The van der Waals surface area contributed by atoms with Gasteiger partial charge in [0.25, 0.3) is 0 Å². The first-order chi connectivity index (χ1) is 0. The van der Waals surface area contributed by atoms with Crippen LogP contribution in [-0.4, -0.2) is 90.3 Å². The van der Waals surface area contributed by atoms with Crippen molar-refractivity contribution in [2.45, 2.75) is 0 Å². The molecule has 0 N–H and O–H groups in total. The molecule has 0 amide bonds. The summed E-state index contributed by atoms with van der Waals surface area (Å²) in [5.41, 5.74) is 0. The Balaban J connectivity index is 0. The van der Waals surface area contributed by atoms with Gasteiger partial charge in [0.1, 0.15) is 0 Å². The molecule has 0 nitrogen and oxygen atoms in total. The Bertz CT molecular complexity index is 8.00. The van der Waals surface area contributed by atoms with Gasteiger partial charge in [-0.3, -0.25) is 0 Å². The van der Waals surface area contributed by atoms with E-state index in [9.17, 15) is 0 Å². The molecule has 4 heteroatoms. The molecule has 0 heterocycles. The van der Waals surface area contributed by atoms with Crippen LogP contribution in [0.4, 0.5) is 0 Å². The van der Waals surface area contributed by atoms with Crippen LogP contribution >= 0.6 is 0 Å². The summed E-state index contributed by atoms with van der Waals surface area (Å²) in [5, 5.41) is 0. The van der Waals surface area contributed by atoms with Crippen LogP contribution in [0.3, 0.4) is 0 Å². The molecule has 18 valence electrons. The summed E-state index contributed by atoms with van der Waals surface area (Å²) in [7, 11) is 0. The van der Waals surface area contributed by atoms with E-state index in [1.807, 2.05) is 0 Å². The predicted molar refractivity (Wildman–Crippen MR) is 24.2 cm³/mol. The van der Waals surface area contributed by atoms with Crippen molar-refractivity contribution in [3.8, 4) is 0 Å². The molecule has 0 fully saturated rings. The zero-order valence-corrected chi connectivity index (χ0v) is 1.46. The van der Waals surface area contributed by atoms with E-state index in [1.54, 1.807) is 0 Å². The van der Waals surface area contributed by atoms with Crippen molar-refractivity contribution in [3.05, 3.63) is 0 Å². The second-order valence-corrected chi connectivity index (χ2v) is 0. The van der Waals surface area contributed by atoms with Gasteiger partial charge in [0.15, 0.2) is 0 Å². The van der Waals surface area contributed by atoms with E-state index in [0.29, 0.717) is 0 Å². The van der Waals surface area contributed by atoms with Crippen molar-refractivity contribution in [3.63, 3.8) is 0 Å². The molecule has 0 aromatic carbocycles. The first kappa shape index (κ1) is 25.7. The molecular weight excluding hydrogens is 143 g/mol. The van der Waals surface area contributed by atoms with Gasteiger partial charge in [-0.25, -0.2) is 0 Å². The van der Waals surface area contributed by atoms with Gasteiger partial charge in [-0.2, -0.15) is 0 Å². The summed E-state index contributed by atoms with van der Waals surface area (Å²) in [6.45, 7) is 0. The summed E-state index contributed by atoms with van der Waals surface area (Å²) in [6.07, 6.45) is 0. The third-order valence-electron chi connectivity index (χ3n) is 0. The molecule has 0 radical (unpaired) electrons. The maximum atomic E-state index is 0. The van der Waals surface area contributed by atoms with Crippen molar-refractivity contribution in [2.24, 2.45) is 0 Å². The first-order valence-corrected chi connectivity index (χ1v) is 0. The maximum absolute atomic E-state index is 0. The van der Waals surface area contributed by atoms with Gasteiger partial charge in [0.05, 0.1) is 0 Å². The molecule has 0 rings (SSSR count). The Hall–Kier alpha value is 3.55. The minimum absolute atomic E-state index is 0. The SMILES string of the molecule is [CaH2].[Fe].[MgH2].[NaH]. The zero-order chi connectivity index (χ0) is 0. The van der Waals surface area contributed by atoms with Crippen molar-refractivity contribution in [2.75, 3.05) is 0 Å². The molecule has 0 aliphatic carbocycles. The van der Waals surface area contributed by atoms with Gasteiger partial charge in [0, 0.05) is 17.1 Å². The third kappa shape index (κ3) is 9.11. The summed E-state index contributed by atoms with van der Waals surface area (Å²) in [6, 6.07) is 0. The molecular formula is H5CaFeMgNa. The van der Waals surface area contributed by atoms with Crippen LogP contribution in [0.2, 0.25) is 0 Å². The van der Waals surface area contributed by atoms with Crippen LogP contribution in [0, 0.1) is 0 Å². The van der Waals surface area contributed by atoms with Gasteiger partial charge < -0.3 is 0 Å². The van der Waals surface area contributed by atoms with Gasteiger partial charge in [-0.1, -0.05) is 0 Å². The Morgan fingerprint density at radius 2 is 1.00 bits per heavy atom. The predicted octanol–water partition coefficient (Wildman–Crippen LogP) is -2.48. The molecule has 0 spiro atoms. The molecule has 0 saturated carbocycles. The fourth-order valence-electron chi connectivity index (χ4n) is 0. The van der Waals surface area contributed by atoms with E-state index in [2.05, 4.69) is 0 Å². The summed E-state index contributed by atoms with van der Waals surface area (Å²) in [5.74, 6) is 0. The third-order valence-corrected chi connectivity index (χ3v) is 0. The fraction of sp³-hybridized carbons (Fsp3) is 0. The molecule has 0 aromatic heterocycles. The molecule has 0 unspecified atom stereocenters. The summed E-state index contributed by atoms with van der Waals surface area (Å²) < 4.78 is 0. The Kier molecular flexibility index (Phi) is 103. The van der Waals surface area contributed by atoms with Gasteiger partial charge >= 0.3 is 90.3 Å². The van der Waals surface area contributed by atoms with Crippen molar-refractivity contribution in [1.29, 1.82) is 0 Å². The normalized spacial score (nSPS) is 0. The molecule has 0 aliphatic rings. The van der Waals surface area contributed by atoms with Gasteiger partial charge in [-0.15, -0.1) is 0 Å². The van der Waals surface area contributed by atoms with Crippen LogP contribution in [0.1, 0.15) is 0 Å². The quantitative estimate of drug-likeness (QED) is 0.334. The molecule has 0 saturated heterocycles. The molecule has 4 heavy (non-hydrogen) atoms. The average Bonchev–Trinajstić information content (AvgIpc) is 0. The van der Waals surface area contributed by atoms with Crippen molar-refractivity contribution < 1.29 is 17.1 Å². The van der Waals surface area contributed by atoms with Crippen LogP contribution in [0.15, 0.2) is 0 Å². The van der Waals surface area contributed by atoms with Crippen LogP contribution < -0.4 is 0 Å². The molecule has 0 aliphatic heterocycles. The zero-order valence-electron chi connectivity index (χ0n) is 0.354. The second-order valence-electron chi connectivity index (χ2n) is 0. The van der Waals surface area contributed by atoms with Gasteiger partial charge in [0.2, 0.25) is 0 Å². The summed E-state index contributed by atoms with van der Waals surface area (Å²) in [4.78, 5) is 0. The standard InChI is InChI=1S/Ca.Fe.Mg.Na.5H. The Morgan fingerprint density at radius 1 is 1.00 bits per heavy atom. The average molecular weight is 148 g/mol. The van der Waals surface area contributed by atoms with Gasteiger partial charge in [-0.05, 0) is 0 Å². The fourth-order valence-corrected chi connectivity index (χ4v) is 0. The van der Waals surface area contributed by atoms with Crippen LogP contribution in [0.25, 0.3) is 0 Å². The molecule has 0 atom stereocenters. The van der Waals surface area contributed by atoms with E-state index in [1.165, 1.54) is 0 Å². The van der Waals surface area contributed by atoms with E-state index >= 15 is 0 Å². The monoisotopic (exact) mass is 148 g/mol. The Labute approximate surface area is 105 Å². The number of rotatable bonds is 0.